The monoisotopic (exact) mass is 270 g/mol. The lowest BCUT2D eigenvalue weighted by atomic mass is 10.00. The smallest absolute Gasteiger partial charge is 0.303 e. The minimum atomic E-state index is -0.702. The van der Waals surface area contributed by atoms with Gasteiger partial charge in [0.25, 0.3) is 0 Å². The van der Waals surface area contributed by atoms with Crippen molar-refractivity contribution in [2.75, 3.05) is 0 Å². The van der Waals surface area contributed by atoms with E-state index in [9.17, 15) is 9.90 Å². The molecule has 0 spiro atoms. The molecular weight excluding hydrogens is 240 g/mol. The highest BCUT2D eigenvalue weighted by molar-refractivity contribution is 5.66. The van der Waals surface area contributed by atoms with Gasteiger partial charge in [-0.3, -0.25) is 4.79 Å². The Morgan fingerprint density at radius 3 is 2.26 bits per heavy atom. The second-order valence-corrected chi connectivity index (χ2v) is 5.23. The topological polar surface area (TPSA) is 57.5 Å². The summed E-state index contributed by atoms with van der Waals surface area (Å²) in [5, 5.41) is 17.6. The Morgan fingerprint density at radius 1 is 1.32 bits per heavy atom. The van der Waals surface area contributed by atoms with Crippen molar-refractivity contribution in [2.45, 2.75) is 71.8 Å². The standard InChI is InChI=1S/C10H18O.C6H12O2/c1-5-10(4,11)8-6-7-9(2)3;1-2-3-4-5-6(7)8/h5,7,11H,1,6,8H2,2-4H3;2-5H2,1H3,(H,7,8). The molecule has 0 aliphatic rings. The first-order valence-electron chi connectivity index (χ1n) is 6.96. The van der Waals surface area contributed by atoms with Crippen LogP contribution >= 0.6 is 0 Å². The van der Waals surface area contributed by atoms with Gasteiger partial charge in [0.1, 0.15) is 0 Å². The molecule has 0 aromatic rings. The molecule has 0 aromatic heterocycles. The van der Waals surface area contributed by atoms with Gasteiger partial charge in [0.2, 0.25) is 0 Å². The van der Waals surface area contributed by atoms with E-state index in [4.69, 9.17) is 5.11 Å². The number of carboxylic acid groups (broad SMARTS) is 1. The van der Waals surface area contributed by atoms with E-state index in [-0.39, 0.29) is 0 Å². The van der Waals surface area contributed by atoms with Crippen LogP contribution in [0.5, 0.6) is 0 Å². The van der Waals surface area contributed by atoms with Crippen molar-refractivity contribution in [1.82, 2.24) is 0 Å². The third-order valence-corrected chi connectivity index (χ3v) is 2.64. The van der Waals surface area contributed by atoms with Crippen molar-refractivity contribution in [3.63, 3.8) is 0 Å². The van der Waals surface area contributed by atoms with Crippen molar-refractivity contribution >= 4 is 5.97 Å². The van der Waals surface area contributed by atoms with Crippen molar-refractivity contribution in [2.24, 2.45) is 0 Å². The number of allylic oxidation sites excluding steroid dienone is 2. The van der Waals surface area contributed by atoms with Crippen LogP contribution in [0.2, 0.25) is 0 Å². The second kappa shape index (κ2) is 12.0. The summed E-state index contributed by atoms with van der Waals surface area (Å²) in [7, 11) is 0. The number of aliphatic carboxylic acids is 1. The molecule has 1 unspecified atom stereocenters. The van der Waals surface area contributed by atoms with Gasteiger partial charge in [-0.05, 0) is 40.0 Å². The Balaban J connectivity index is 0. The second-order valence-electron chi connectivity index (χ2n) is 5.23. The van der Waals surface area contributed by atoms with Crippen molar-refractivity contribution in [3.05, 3.63) is 24.3 Å². The van der Waals surface area contributed by atoms with Gasteiger partial charge in [-0.1, -0.05) is 37.5 Å². The van der Waals surface area contributed by atoms with Crippen molar-refractivity contribution in [1.29, 1.82) is 0 Å². The van der Waals surface area contributed by atoms with E-state index in [0.717, 1.165) is 32.1 Å². The third-order valence-electron chi connectivity index (χ3n) is 2.64. The highest BCUT2D eigenvalue weighted by atomic mass is 16.4. The zero-order valence-corrected chi connectivity index (χ0v) is 12.9. The first-order valence-corrected chi connectivity index (χ1v) is 6.96. The Kier molecular flexibility index (Phi) is 12.7. The summed E-state index contributed by atoms with van der Waals surface area (Å²) in [6.07, 6.45) is 8.66. The summed E-state index contributed by atoms with van der Waals surface area (Å²) in [4.78, 5) is 9.87. The quantitative estimate of drug-likeness (QED) is 0.510. The van der Waals surface area contributed by atoms with Crippen LogP contribution < -0.4 is 0 Å². The van der Waals surface area contributed by atoms with Crippen molar-refractivity contribution < 1.29 is 15.0 Å². The summed E-state index contributed by atoms with van der Waals surface area (Å²) in [6, 6.07) is 0. The molecule has 0 aliphatic carbocycles. The van der Waals surface area contributed by atoms with Gasteiger partial charge in [0.05, 0.1) is 5.60 Å². The summed E-state index contributed by atoms with van der Waals surface area (Å²) in [5.41, 5.74) is 0.594. The summed E-state index contributed by atoms with van der Waals surface area (Å²) < 4.78 is 0. The fraction of sp³-hybridized carbons (Fsp3) is 0.688. The lowest BCUT2D eigenvalue weighted by molar-refractivity contribution is -0.137. The number of carbonyl (C=O) groups is 1. The maximum absolute atomic E-state index is 9.87. The first kappa shape index (κ1) is 20.2. The molecule has 0 amide bonds. The Hall–Kier alpha value is -1.09. The summed E-state index contributed by atoms with van der Waals surface area (Å²) in [6.45, 7) is 11.5. The van der Waals surface area contributed by atoms with Gasteiger partial charge >= 0.3 is 5.97 Å². The molecule has 0 bridgehead atoms. The molecule has 0 aromatic carbocycles. The average Bonchev–Trinajstić information content (AvgIpc) is 2.29. The predicted molar refractivity (Wildman–Crippen MR) is 81.3 cm³/mol. The molecular formula is C16H30O3. The largest absolute Gasteiger partial charge is 0.481 e. The molecule has 3 heteroatoms. The predicted octanol–water partition coefficient (Wildman–Crippen LogP) is 4.32. The number of carboxylic acids is 1. The zero-order chi connectivity index (χ0) is 15.3. The SMILES string of the molecule is C=CC(C)(O)CCC=C(C)C.CCCCCC(=O)O. The normalized spacial score (nSPS) is 12.7. The highest BCUT2D eigenvalue weighted by Crippen LogP contribution is 2.13. The van der Waals surface area contributed by atoms with E-state index in [0.29, 0.717) is 6.42 Å². The number of unbranched alkanes of at least 4 members (excludes halogenated alkanes) is 2. The van der Waals surface area contributed by atoms with E-state index < -0.39 is 11.6 Å². The molecule has 19 heavy (non-hydrogen) atoms. The molecule has 0 saturated heterocycles. The van der Waals surface area contributed by atoms with Gasteiger partial charge in [-0.25, -0.2) is 0 Å². The first-order chi connectivity index (χ1) is 8.75. The fourth-order valence-corrected chi connectivity index (χ4v) is 1.28. The maximum Gasteiger partial charge on any atom is 0.303 e. The van der Waals surface area contributed by atoms with Crippen LogP contribution in [0.3, 0.4) is 0 Å². The maximum atomic E-state index is 9.87. The number of aliphatic hydroxyl groups is 1. The molecule has 1 atom stereocenters. The van der Waals surface area contributed by atoms with Crippen LogP contribution in [0.1, 0.15) is 66.2 Å². The molecule has 0 aliphatic heterocycles. The van der Waals surface area contributed by atoms with Crippen LogP contribution in [0.25, 0.3) is 0 Å². The lowest BCUT2D eigenvalue weighted by Gasteiger charge is -2.16. The van der Waals surface area contributed by atoms with E-state index >= 15 is 0 Å². The zero-order valence-electron chi connectivity index (χ0n) is 12.9. The van der Waals surface area contributed by atoms with Gasteiger partial charge in [-0.2, -0.15) is 0 Å². The highest BCUT2D eigenvalue weighted by Gasteiger charge is 2.12. The average molecular weight is 270 g/mol. The van der Waals surface area contributed by atoms with E-state index in [1.54, 1.807) is 13.0 Å². The molecule has 0 radical (unpaired) electrons. The molecule has 0 rings (SSSR count). The molecule has 0 heterocycles. The molecule has 2 N–H and O–H groups in total. The van der Waals surface area contributed by atoms with E-state index in [2.05, 4.69) is 33.4 Å². The van der Waals surface area contributed by atoms with Crippen LogP contribution in [-0.2, 0) is 4.79 Å². The van der Waals surface area contributed by atoms with Gasteiger partial charge < -0.3 is 10.2 Å². The van der Waals surface area contributed by atoms with Gasteiger partial charge in [-0.15, -0.1) is 6.58 Å². The summed E-state index contributed by atoms with van der Waals surface area (Å²) in [5.74, 6) is -0.682. The fourth-order valence-electron chi connectivity index (χ4n) is 1.28. The molecule has 0 saturated carbocycles. The van der Waals surface area contributed by atoms with Crippen LogP contribution in [0, 0.1) is 0 Å². The number of hydrogen-bond donors (Lipinski definition) is 2. The molecule has 112 valence electrons. The van der Waals surface area contributed by atoms with Crippen LogP contribution in [0.15, 0.2) is 24.3 Å². The van der Waals surface area contributed by atoms with Crippen LogP contribution in [-0.4, -0.2) is 21.8 Å². The Morgan fingerprint density at radius 2 is 1.89 bits per heavy atom. The molecule has 0 fully saturated rings. The Labute approximate surface area is 118 Å². The number of hydrogen-bond acceptors (Lipinski definition) is 2. The minimum absolute atomic E-state index is 0.327. The number of rotatable bonds is 8. The van der Waals surface area contributed by atoms with Crippen LogP contribution in [0.4, 0.5) is 0 Å². The summed E-state index contributed by atoms with van der Waals surface area (Å²) >= 11 is 0. The van der Waals surface area contributed by atoms with Crippen molar-refractivity contribution in [3.8, 4) is 0 Å². The third kappa shape index (κ3) is 19.4. The van der Waals surface area contributed by atoms with E-state index in [1.807, 2.05) is 0 Å². The Bertz CT molecular complexity index is 274. The van der Waals surface area contributed by atoms with E-state index in [1.165, 1.54) is 5.57 Å². The van der Waals surface area contributed by atoms with Gasteiger partial charge in [0.15, 0.2) is 0 Å². The minimum Gasteiger partial charge on any atom is -0.481 e. The lowest BCUT2D eigenvalue weighted by Crippen LogP contribution is -2.19. The van der Waals surface area contributed by atoms with Gasteiger partial charge in [0, 0.05) is 6.42 Å². The molecule has 3 nitrogen and oxygen atoms in total.